The Labute approximate surface area is 161 Å². The molecule has 2 aliphatic rings. The third-order valence-electron chi connectivity index (χ3n) is 5.02. The lowest BCUT2D eigenvalue weighted by atomic mass is 9.96. The Bertz CT molecular complexity index is 939. The molecule has 1 fully saturated rings. The molecule has 27 heavy (non-hydrogen) atoms. The molecule has 2 aromatic heterocycles. The van der Waals surface area contributed by atoms with Gasteiger partial charge in [-0.2, -0.15) is 0 Å². The van der Waals surface area contributed by atoms with E-state index in [4.69, 9.17) is 4.84 Å². The Balaban J connectivity index is 1.40. The maximum Gasteiger partial charge on any atom is 0.273 e. The summed E-state index contributed by atoms with van der Waals surface area (Å²) >= 11 is 1.45. The highest BCUT2D eigenvalue weighted by atomic mass is 32.1. The van der Waals surface area contributed by atoms with E-state index in [0.717, 1.165) is 16.1 Å². The molecule has 1 unspecified atom stereocenters. The molecule has 0 bridgehead atoms. The van der Waals surface area contributed by atoms with Crippen molar-refractivity contribution in [1.82, 2.24) is 9.88 Å². The number of pyridine rings is 1. The summed E-state index contributed by atoms with van der Waals surface area (Å²) in [7, 11) is 0. The molecule has 1 saturated heterocycles. The number of rotatable bonds is 3. The van der Waals surface area contributed by atoms with Crippen molar-refractivity contribution in [3.05, 3.63) is 45.9 Å². The SMILES string of the molecule is Cc1ccsc1C(=O)N1CCC2(CC(C(=O)Nc3cccnc3C)=NO2)C1. The van der Waals surface area contributed by atoms with Crippen LogP contribution in [0.4, 0.5) is 5.69 Å². The predicted molar refractivity (Wildman–Crippen MR) is 103 cm³/mol. The molecule has 8 heteroatoms. The first kappa shape index (κ1) is 17.7. The number of aromatic nitrogens is 1. The molecule has 0 aliphatic carbocycles. The number of hydrogen-bond acceptors (Lipinski definition) is 6. The van der Waals surface area contributed by atoms with Gasteiger partial charge in [0.2, 0.25) is 0 Å². The van der Waals surface area contributed by atoms with Crippen LogP contribution >= 0.6 is 11.3 Å². The molecule has 2 amide bonds. The number of thiophene rings is 1. The van der Waals surface area contributed by atoms with Gasteiger partial charge in [0.25, 0.3) is 11.8 Å². The van der Waals surface area contributed by atoms with E-state index in [1.165, 1.54) is 11.3 Å². The molecule has 2 aliphatic heterocycles. The summed E-state index contributed by atoms with van der Waals surface area (Å²) in [5.41, 5.74) is 2.13. The summed E-state index contributed by atoms with van der Waals surface area (Å²) in [5.74, 6) is -0.270. The monoisotopic (exact) mass is 384 g/mol. The molecule has 7 nitrogen and oxygen atoms in total. The number of hydrogen-bond donors (Lipinski definition) is 1. The zero-order chi connectivity index (χ0) is 19.0. The average molecular weight is 384 g/mol. The molecule has 1 N–H and O–H groups in total. The smallest absolute Gasteiger partial charge is 0.273 e. The van der Waals surface area contributed by atoms with E-state index in [2.05, 4.69) is 15.5 Å². The van der Waals surface area contributed by atoms with Gasteiger partial charge in [-0.05, 0) is 43.0 Å². The fourth-order valence-corrected chi connectivity index (χ4v) is 4.32. The number of carbonyl (C=O) groups excluding carboxylic acids is 2. The topological polar surface area (TPSA) is 83.9 Å². The van der Waals surface area contributed by atoms with E-state index < -0.39 is 5.60 Å². The molecule has 1 atom stereocenters. The fraction of sp³-hybridized carbons (Fsp3) is 0.368. The number of nitrogens with one attached hydrogen (secondary N) is 1. The van der Waals surface area contributed by atoms with Crippen LogP contribution in [0.5, 0.6) is 0 Å². The van der Waals surface area contributed by atoms with Gasteiger partial charge in [0.15, 0.2) is 5.60 Å². The minimum absolute atomic E-state index is 0.0202. The highest BCUT2D eigenvalue weighted by Gasteiger charge is 2.48. The zero-order valence-electron chi connectivity index (χ0n) is 15.2. The number of nitrogens with zero attached hydrogens (tertiary/aromatic N) is 3. The lowest BCUT2D eigenvalue weighted by Crippen LogP contribution is -2.37. The van der Waals surface area contributed by atoms with Crippen molar-refractivity contribution in [2.45, 2.75) is 32.3 Å². The first-order valence-corrected chi connectivity index (χ1v) is 9.67. The van der Waals surface area contributed by atoms with Crippen LogP contribution < -0.4 is 5.32 Å². The van der Waals surface area contributed by atoms with Crippen molar-refractivity contribution in [1.29, 1.82) is 0 Å². The number of oxime groups is 1. The highest BCUT2D eigenvalue weighted by Crippen LogP contribution is 2.35. The molecule has 4 rings (SSSR count). The quantitative estimate of drug-likeness (QED) is 0.882. The van der Waals surface area contributed by atoms with Crippen molar-refractivity contribution in [3.63, 3.8) is 0 Å². The van der Waals surface area contributed by atoms with Crippen molar-refractivity contribution in [2.24, 2.45) is 5.16 Å². The summed E-state index contributed by atoms with van der Waals surface area (Å²) in [4.78, 5) is 37.6. The molecule has 1 spiro atoms. The number of anilines is 1. The molecular weight excluding hydrogens is 364 g/mol. The maximum atomic E-state index is 12.7. The Morgan fingerprint density at radius 3 is 2.93 bits per heavy atom. The maximum absolute atomic E-state index is 12.7. The van der Waals surface area contributed by atoms with Crippen LogP contribution in [0.25, 0.3) is 0 Å². The van der Waals surface area contributed by atoms with Gasteiger partial charge in [-0.1, -0.05) is 5.16 Å². The average Bonchev–Trinajstić information content (AvgIpc) is 3.38. The van der Waals surface area contributed by atoms with E-state index in [-0.39, 0.29) is 11.8 Å². The van der Waals surface area contributed by atoms with Gasteiger partial charge in [-0.3, -0.25) is 14.6 Å². The van der Waals surface area contributed by atoms with Gasteiger partial charge in [0.05, 0.1) is 22.8 Å². The molecule has 0 radical (unpaired) electrons. The predicted octanol–water partition coefficient (Wildman–Crippen LogP) is 2.76. The zero-order valence-corrected chi connectivity index (χ0v) is 16.0. The number of carbonyl (C=O) groups is 2. The summed E-state index contributed by atoms with van der Waals surface area (Å²) in [6, 6.07) is 5.51. The van der Waals surface area contributed by atoms with Crippen LogP contribution in [-0.4, -0.2) is 46.1 Å². The highest BCUT2D eigenvalue weighted by molar-refractivity contribution is 7.12. The lowest BCUT2D eigenvalue weighted by Gasteiger charge is -2.21. The van der Waals surface area contributed by atoms with Crippen LogP contribution in [0.3, 0.4) is 0 Å². The summed E-state index contributed by atoms with van der Waals surface area (Å²) in [6.45, 7) is 4.81. The minimum atomic E-state index is -0.600. The summed E-state index contributed by atoms with van der Waals surface area (Å²) in [6.07, 6.45) is 2.73. The van der Waals surface area contributed by atoms with E-state index in [9.17, 15) is 9.59 Å². The summed E-state index contributed by atoms with van der Waals surface area (Å²) < 4.78 is 0. The van der Waals surface area contributed by atoms with E-state index >= 15 is 0 Å². The van der Waals surface area contributed by atoms with E-state index in [0.29, 0.717) is 37.3 Å². The third-order valence-corrected chi connectivity index (χ3v) is 6.02. The van der Waals surface area contributed by atoms with Crippen molar-refractivity contribution >= 4 is 34.6 Å². The Morgan fingerprint density at radius 1 is 1.33 bits per heavy atom. The molecular formula is C19H20N4O3S. The van der Waals surface area contributed by atoms with Crippen LogP contribution in [0.15, 0.2) is 34.9 Å². The first-order chi connectivity index (χ1) is 13.0. The second kappa shape index (κ2) is 6.77. The largest absolute Gasteiger partial charge is 0.386 e. The molecule has 0 aromatic carbocycles. The van der Waals surface area contributed by atoms with Crippen LogP contribution in [0, 0.1) is 13.8 Å². The van der Waals surface area contributed by atoms with Gasteiger partial charge < -0.3 is 15.1 Å². The van der Waals surface area contributed by atoms with Crippen LogP contribution in [0.1, 0.15) is 33.8 Å². The van der Waals surface area contributed by atoms with Crippen LogP contribution in [-0.2, 0) is 9.63 Å². The van der Waals surface area contributed by atoms with E-state index in [1.807, 2.05) is 25.3 Å². The van der Waals surface area contributed by atoms with Gasteiger partial charge in [-0.25, -0.2) is 0 Å². The van der Waals surface area contributed by atoms with Gasteiger partial charge in [-0.15, -0.1) is 11.3 Å². The Morgan fingerprint density at radius 2 is 2.19 bits per heavy atom. The molecule has 4 heterocycles. The first-order valence-electron chi connectivity index (χ1n) is 8.79. The normalized spacial score (nSPS) is 21.3. The number of amides is 2. The van der Waals surface area contributed by atoms with Gasteiger partial charge in [0.1, 0.15) is 5.71 Å². The van der Waals surface area contributed by atoms with Crippen molar-refractivity contribution in [3.8, 4) is 0 Å². The fourth-order valence-electron chi connectivity index (χ4n) is 3.43. The Hall–Kier alpha value is -2.74. The van der Waals surface area contributed by atoms with E-state index in [1.54, 1.807) is 23.2 Å². The number of likely N-dealkylation sites (tertiary alicyclic amines) is 1. The Kier molecular flexibility index (Phi) is 4.43. The summed E-state index contributed by atoms with van der Waals surface area (Å²) in [5, 5.41) is 8.77. The second-order valence-electron chi connectivity index (χ2n) is 6.99. The molecule has 0 saturated carbocycles. The second-order valence-corrected chi connectivity index (χ2v) is 7.91. The van der Waals surface area contributed by atoms with Crippen LogP contribution in [0.2, 0.25) is 0 Å². The third kappa shape index (κ3) is 3.32. The minimum Gasteiger partial charge on any atom is -0.386 e. The van der Waals surface area contributed by atoms with Gasteiger partial charge in [0, 0.05) is 25.6 Å². The molecule has 2 aromatic rings. The van der Waals surface area contributed by atoms with Crippen molar-refractivity contribution < 1.29 is 14.4 Å². The van der Waals surface area contributed by atoms with Crippen molar-refractivity contribution in [2.75, 3.05) is 18.4 Å². The molecule has 140 valence electrons. The van der Waals surface area contributed by atoms with Gasteiger partial charge >= 0.3 is 0 Å². The standard InChI is InChI=1S/C19H20N4O3S/c1-12-5-9-27-16(12)18(25)23-8-6-19(11-23)10-15(22-26-19)17(24)21-14-4-3-7-20-13(14)2/h3-5,7,9H,6,8,10-11H2,1-2H3,(H,21,24). The lowest BCUT2D eigenvalue weighted by molar-refractivity contribution is -0.110. The number of aryl methyl sites for hydroxylation is 2.